The molecular weight excluding hydrogens is 575 g/mol. The monoisotopic (exact) mass is 593 g/mol. The molecule has 0 aliphatic carbocycles. The van der Waals surface area contributed by atoms with Gasteiger partial charge in [0.05, 0.1) is 28.8 Å². The third-order valence-corrected chi connectivity index (χ3v) is 10.6. The van der Waals surface area contributed by atoms with E-state index < -0.39 is 0 Å². The Morgan fingerprint density at radius 2 is 1.05 bits per heavy atom. The summed E-state index contributed by atoms with van der Waals surface area (Å²) in [6.45, 7) is 0. The van der Waals surface area contributed by atoms with Gasteiger partial charge in [-0.3, -0.25) is 0 Å². The highest BCUT2D eigenvalue weighted by molar-refractivity contribution is 7.26. The maximum absolute atomic E-state index is 10.7. The SMILES string of the molecule is N#Cc1cccc(C#N)c1-c1cc(-c2cccc3c2sc2ccccc23)cc(-c2ccc3c(c2)sc2ccccc23)c1C#N. The van der Waals surface area contributed by atoms with Crippen LogP contribution < -0.4 is 0 Å². The molecule has 2 heterocycles. The molecule has 0 amide bonds. The van der Waals surface area contributed by atoms with Crippen molar-refractivity contribution in [3.05, 3.63) is 132 Å². The van der Waals surface area contributed by atoms with Gasteiger partial charge in [-0.1, -0.05) is 72.8 Å². The van der Waals surface area contributed by atoms with Gasteiger partial charge in [0.15, 0.2) is 0 Å². The highest BCUT2D eigenvalue weighted by Crippen LogP contribution is 2.45. The molecule has 5 heteroatoms. The van der Waals surface area contributed by atoms with Crippen molar-refractivity contribution in [2.24, 2.45) is 0 Å². The van der Waals surface area contributed by atoms with Gasteiger partial charge < -0.3 is 0 Å². The maximum Gasteiger partial charge on any atom is 0.100 e. The normalized spacial score (nSPS) is 11.1. The summed E-state index contributed by atoms with van der Waals surface area (Å²) >= 11 is 3.48. The van der Waals surface area contributed by atoms with Crippen LogP contribution in [0.3, 0.4) is 0 Å². The minimum absolute atomic E-state index is 0.365. The smallest absolute Gasteiger partial charge is 0.100 e. The molecule has 0 saturated heterocycles. The largest absolute Gasteiger partial charge is 0.192 e. The number of hydrogen-bond acceptors (Lipinski definition) is 5. The number of hydrogen-bond donors (Lipinski definition) is 0. The lowest BCUT2D eigenvalue weighted by Gasteiger charge is -2.16. The molecule has 2 aromatic heterocycles. The molecule has 0 radical (unpaired) electrons. The number of nitriles is 3. The van der Waals surface area contributed by atoms with E-state index in [0.29, 0.717) is 27.8 Å². The van der Waals surface area contributed by atoms with Gasteiger partial charge in [-0.05, 0) is 59.2 Å². The molecule has 6 aromatic carbocycles. The van der Waals surface area contributed by atoms with Crippen LogP contribution in [0.2, 0.25) is 0 Å². The predicted octanol–water partition coefficient (Wildman–Crippen LogP) is 11.0. The molecule has 0 fully saturated rings. The fourth-order valence-electron chi connectivity index (χ4n) is 6.24. The van der Waals surface area contributed by atoms with Crippen LogP contribution >= 0.6 is 22.7 Å². The summed E-state index contributed by atoms with van der Waals surface area (Å²) in [5, 5.41) is 35.7. The lowest BCUT2D eigenvalue weighted by atomic mass is 9.85. The van der Waals surface area contributed by atoms with Crippen LogP contribution in [0.1, 0.15) is 16.7 Å². The Balaban J connectivity index is 1.48. The molecule has 44 heavy (non-hydrogen) atoms. The number of thiophene rings is 2. The third kappa shape index (κ3) is 3.91. The topological polar surface area (TPSA) is 71.4 Å². The molecule has 8 rings (SSSR count). The zero-order valence-corrected chi connectivity index (χ0v) is 24.8. The molecule has 0 aliphatic rings. The minimum atomic E-state index is 0.365. The minimum Gasteiger partial charge on any atom is -0.192 e. The Morgan fingerprint density at radius 1 is 0.432 bits per heavy atom. The van der Waals surface area contributed by atoms with Crippen molar-refractivity contribution in [1.29, 1.82) is 15.8 Å². The van der Waals surface area contributed by atoms with E-state index in [9.17, 15) is 15.8 Å². The lowest BCUT2D eigenvalue weighted by molar-refractivity contribution is 1.42. The summed E-state index contributed by atoms with van der Waals surface area (Å²) in [6.07, 6.45) is 0. The van der Waals surface area contributed by atoms with Gasteiger partial charge in [0.2, 0.25) is 0 Å². The van der Waals surface area contributed by atoms with Crippen LogP contribution in [0, 0.1) is 34.0 Å². The average molecular weight is 594 g/mol. The molecule has 8 aromatic rings. The summed E-state index contributed by atoms with van der Waals surface area (Å²) < 4.78 is 4.72. The van der Waals surface area contributed by atoms with Gasteiger partial charge in [-0.2, -0.15) is 15.8 Å². The van der Waals surface area contributed by atoms with Crippen LogP contribution in [0.15, 0.2) is 115 Å². The van der Waals surface area contributed by atoms with E-state index in [0.717, 1.165) is 31.7 Å². The molecule has 0 saturated carbocycles. The summed E-state index contributed by atoms with van der Waals surface area (Å²) in [7, 11) is 0. The van der Waals surface area contributed by atoms with E-state index in [1.54, 1.807) is 40.9 Å². The standard InChI is InChI=1S/C39H19N3S2/c40-20-24-7-5-8-25(21-41)38(24)33-18-26(27-11-6-12-31-29-10-2-4-14-36(29)44-39(27)31)17-32(34(33)22-42)23-15-16-30-28-9-1-3-13-35(28)43-37(30)19-23/h1-19H. The number of fused-ring (bicyclic) bond motifs is 6. The van der Waals surface area contributed by atoms with E-state index >= 15 is 0 Å². The fourth-order valence-corrected chi connectivity index (χ4v) is 8.62. The second-order valence-corrected chi connectivity index (χ2v) is 12.7. The van der Waals surface area contributed by atoms with Gasteiger partial charge in [0.1, 0.15) is 6.07 Å². The summed E-state index contributed by atoms with van der Waals surface area (Å²) in [5.41, 5.74) is 5.91. The summed E-state index contributed by atoms with van der Waals surface area (Å²) in [5.74, 6) is 0. The van der Waals surface area contributed by atoms with Crippen molar-refractivity contribution < 1.29 is 0 Å². The Morgan fingerprint density at radius 3 is 1.77 bits per heavy atom. The molecule has 0 atom stereocenters. The van der Waals surface area contributed by atoms with Gasteiger partial charge in [0, 0.05) is 57.0 Å². The van der Waals surface area contributed by atoms with Crippen molar-refractivity contribution >= 4 is 63.0 Å². The molecule has 0 unspecified atom stereocenters. The predicted molar refractivity (Wildman–Crippen MR) is 183 cm³/mol. The molecular formula is C39H19N3S2. The molecule has 0 aliphatic heterocycles. The first-order valence-electron chi connectivity index (χ1n) is 14.0. The van der Waals surface area contributed by atoms with Crippen molar-refractivity contribution in [3.63, 3.8) is 0 Å². The quantitative estimate of drug-likeness (QED) is 0.205. The van der Waals surface area contributed by atoms with Crippen LogP contribution in [0.4, 0.5) is 0 Å². The van der Waals surface area contributed by atoms with E-state index in [4.69, 9.17) is 0 Å². The van der Waals surface area contributed by atoms with Crippen LogP contribution in [0.25, 0.3) is 73.7 Å². The highest BCUT2D eigenvalue weighted by Gasteiger charge is 2.22. The first-order chi connectivity index (χ1) is 21.7. The zero-order valence-electron chi connectivity index (χ0n) is 23.1. The molecule has 3 nitrogen and oxygen atoms in total. The van der Waals surface area contributed by atoms with E-state index in [2.05, 4.69) is 109 Å². The summed E-state index contributed by atoms with van der Waals surface area (Å²) in [6, 6.07) is 45.7. The fraction of sp³-hybridized carbons (Fsp3) is 0. The van der Waals surface area contributed by atoms with Crippen LogP contribution in [-0.2, 0) is 0 Å². The highest BCUT2D eigenvalue weighted by atomic mass is 32.1. The van der Waals surface area contributed by atoms with Gasteiger partial charge in [-0.15, -0.1) is 22.7 Å². The Bertz CT molecular complexity index is 2570. The second-order valence-electron chi connectivity index (χ2n) is 10.6. The number of nitrogens with zero attached hydrogens (tertiary/aromatic N) is 3. The Labute approximate surface area is 261 Å². The van der Waals surface area contributed by atoms with Gasteiger partial charge >= 0.3 is 0 Å². The van der Waals surface area contributed by atoms with Crippen molar-refractivity contribution in [3.8, 4) is 51.6 Å². The van der Waals surface area contributed by atoms with Gasteiger partial charge in [-0.25, -0.2) is 0 Å². The van der Waals surface area contributed by atoms with Crippen LogP contribution in [-0.4, -0.2) is 0 Å². The third-order valence-electron chi connectivity index (χ3n) is 8.23. The van der Waals surface area contributed by atoms with Crippen molar-refractivity contribution in [2.75, 3.05) is 0 Å². The molecule has 202 valence electrons. The molecule has 0 spiro atoms. The zero-order chi connectivity index (χ0) is 29.8. The Kier molecular flexibility index (Phi) is 6.00. The molecule has 0 bridgehead atoms. The second kappa shape index (κ2) is 10.2. The van der Waals surface area contributed by atoms with E-state index in [1.165, 1.54) is 30.9 Å². The van der Waals surface area contributed by atoms with Crippen LogP contribution in [0.5, 0.6) is 0 Å². The maximum atomic E-state index is 10.7. The van der Waals surface area contributed by atoms with E-state index in [-0.39, 0.29) is 0 Å². The van der Waals surface area contributed by atoms with Crippen molar-refractivity contribution in [2.45, 2.75) is 0 Å². The summed E-state index contributed by atoms with van der Waals surface area (Å²) in [4.78, 5) is 0. The average Bonchev–Trinajstić information content (AvgIpc) is 3.65. The lowest BCUT2D eigenvalue weighted by Crippen LogP contribution is -1.97. The first-order valence-corrected chi connectivity index (χ1v) is 15.7. The Hall–Kier alpha value is -5.77. The number of rotatable bonds is 3. The van der Waals surface area contributed by atoms with Gasteiger partial charge in [0.25, 0.3) is 0 Å². The number of benzene rings is 6. The first kappa shape index (κ1) is 25.9. The van der Waals surface area contributed by atoms with Crippen molar-refractivity contribution in [1.82, 2.24) is 0 Å². The van der Waals surface area contributed by atoms with E-state index in [1.807, 2.05) is 6.07 Å². The molecule has 0 N–H and O–H groups in total.